The van der Waals surface area contributed by atoms with Gasteiger partial charge >= 0.3 is 0 Å². The predicted octanol–water partition coefficient (Wildman–Crippen LogP) is 4.26. The van der Waals surface area contributed by atoms with Crippen LogP contribution >= 0.6 is 0 Å². The van der Waals surface area contributed by atoms with Crippen LogP contribution < -0.4 is 10.6 Å². The van der Waals surface area contributed by atoms with E-state index in [1.54, 1.807) is 0 Å². The summed E-state index contributed by atoms with van der Waals surface area (Å²) in [5, 5.41) is 15.2. The summed E-state index contributed by atoms with van der Waals surface area (Å²) in [4.78, 5) is 4.69. The van der Waals surface area contributed by atoms with Crippen molar-refractivity contribution in [1.29, 1.82) is 0 Å². The molecule has 2 aromatic carbocycles. The Kier molecular flexibility index (Phi) is 3.01. The summed E-state index contributed by atoms with van der Waals surface area (Å²) in [7, 11) is 0. The number of hydrogen-bond donors (Lipinski definition) is 2. The van der Waals surface area contributed by atoms with E-state index in [0.29, 0.717) is 17.5 Å². The van der Waals surface area contributed by atoms with Crippen molar-refractivity contribution in [2.45, 2.75) is 20.8 Å². The molecule has 1 aliphatic heterocycles. The molecule has 1 aromatic heterocycles. The molecule has 1 aliphatic rings. The van der Waals surface area contributed by atoms with Crippen LogP contribution in [0.2, 0.25) is 0 Å². The second-order valence-electron chi connectivity index (χ2n) is 5.90. The third-order valence-corrected chi connectivity index (χ3v) is 4.02. The summed E-state index contributed by atoms with van der Waals surface area (Å²) in [6.07, 6.45) is 0. The molecule has 5 nitrogen and oxygen atoms in total. The molecule has 4 rings (SSSR count). The average Bonchev–Trinajstić information content (AvgIpc) is 2.52. The second-order valence-corrected chi connectivity index (χ2v) is 5.90. The van der Waals surface area contributed by atoms with Gasteiger partial charge in [-0.3, -0.25) is 0 Å². The maximum Gasteiger partial charge on any atom is 0.196 e. The maximum absolute atomic E-state index is 4.69. The summed E-state index contributed by atoms with van der Waals surface area (Å²) in [5.41, 5.74) is 6.58. The molecule has 0 spiro atoms. The third kappa shape index (κ3) is 2.30. The third-order valence-electron chi connectivity index (χ3n) is 4.02. The minimum Gasteiger partial charge on any atom is -0.335 e. The van der Waals surface area contributed by atoms with Crippen LogP contribution in [0.1, 0.15) is 16.7 Å². The van der Waals surface area contributed by atoms with Gasteiger partial charge in [-0.2, -0.15) is 0 Å². The van der Waals surface area contributed by atoms with Gasteiger partial charge in [0.05, 0.1) is 11.4 Å². The summed E-state index contributed by atoms with van der Waals surface area (Å²) >= 11 is 0. The SMILES string of the molecule is Cc1cc(C)c(-c2nnc3c(n2)Nc2ccccc2N3)c(C)c1. The molecule has 0 bridgehead atoms. The van der Waals surface area contributed by atoms with E-state index >= 15 is 0 Å². The smallest absolute Gasteiger partial charge is 0.196 e. The second kappa shape index (κ2) is 5.05. The quantitative estimate of drug-likeness (QED) is 0.550. The zero-order valence-corrected chi connectivity index (χ0v) is 13.3. The number of aromatic nitrogens is 3. The Labute approximate surface area is 134 Å². The Bertz CT molecular complexity index is 894. The molecule has 3 aromatic rings. The molecule has 0 unspecified atom stereocenters. The molecule has 0 saturated heterocycles. The first kappa shape index (κ1) is 13.7. The lowest BCUT2D eigenvalue weighted by atomic mass is 9.99. The Morgan fingerprint density at radius 1 is 0.783 bits per heavy atom. The highest BCUT2D eigenvalue weighted by Crippen LogP contribution is 2.36. The molecule has 5 heteroatoms. The van der Waals surface area contributed by atoms with E-state index in [-0.39, 0.29) is 0 Å². The van der Waals surface area contributed by atoms with Crippen molar-refractivity contribution in [1.82, 2.24) is 15.2 Å². The lowest BCUT2D eigenvalue weighted by molar-refractivity contribution is 0.980. The predicted molar refractivity (Wildman–Crippen MR) is 92.5 cm³/mol. The van der Waals surface area contributed by atoms with Crippen LogP contribution in [-0.2, 0) is 0 Å². The van der Waals surface area contributed by atoms with Crippen LogP contribution in [0.4, 0.5) is 23.0 Å². The Hall–Kier alpha value is -2.95. The van der Waals surface area contributed by atoms with Gasteiger partial charge in [-0.05, 0) is 44.0 Å². The molecule has 0 amide bonds. The molecule has 0 radical (unpaired) electrons. The number of aryl methyl sites for hydroxylation is 3. The highest BCUT2D eigenvalue weighted by molar-refractivity contribution is 5.86. The molecule has 23 heavy (non-hydrogen) atoms. The summed E-state index contributed by atoms with van der Waals surface area (Å²) in [6.45, 7) is 6.26. The molecule has 2 N–H and O–H groups in total. The molecular weight excluding hydrogens is 286 g/mol. The molecular formula is C18H17N5. The molecule has 0 saturated carbocycles. The van der Waals surface area contributed by atoms with Crippen molar-refractivity contribution in [3.8, 4) is 11.4 Å². The van der Waals surface area contributed by atoms with E-state index in [0.717, 1.165) is 28.1 Å². The zero-order valence-electron chi connectivity index (χ0n) is 13.3. The standard InChI is InChI=1S/C18H17N5/c1-10-8-11(2)15(12(3)9-10)16-21-17-18(23-22-16)20-14-7-5-4-6-13(14)19-17/h4-9H,1-3H3,(H,20,23)(H,19,21,22). The minimum absolute atomic E-state index is 0.646. The summed E-state index contributed by atoms with van der Waals surface area (Å²) < 4.78 is 0. The van der Waals surface area contributed by atoms with Crippen molar-refractivity contribution in [3.63, 3.8) is 0 Å². The van der Waals surface area contributed by atoms with Crippen molar-refractivity contribution in [2.24, 2.45) is 0 Å². The van der Waals surface area contributed by atoms with Crippen molar-refractivity contribution < 1.29 is 0 Å². The van der Waals surface area contributed by atoms with Crippen LogP contribution in [0.15, 0.2) is 36.4 Å². The number of para-hydroxylation sites is 2. The van der Waals surface area contributed by atoms with Crippen LogP contribution in [0, 0.1) is 20.8 Å². The van der Waals surface area contributed by atoms with Crippen LogP contribution in [0.3, 0.4) is 0 Å². The highest BCUT2D eigenvalue weighted by Gasteiger charge is 2.19. The van der Waals surface area contributed by atoms with Gasteiger partial charge in [0.25, 0.3) is 0 Å². The first-order chi connectivity index (χ1) is 11.1. The van der Waals surface area contributed by atoms with Crippen molar-refractivity contribution >= 4 is 23.0 Å². The zero-order chi connectivity index (χ0) is 16.0. The normalized spacial score (nSPS) is 12.0. The number of anilines is 4. The topological polar surface area (TPSA) is 62.7 Å². The average molecular weight is 303 g/mol. The lowest BCUT2D eigenvalue weighted by Crippen LogP contribution is -2.11. The van der Waals surface area contributed by atoms with E-state index in [1.165, 1.54) is 5.56 Å². The van der Waals surface area contributed by atoms with Gasteiger partial charge < -0.3 is 10.6 Å². The fraction of sp³-hybridized carbons (Fsp3) is 0.167. The first-order valence-corrected chi connectivity index (χ1v) is 7.58. The van der Waals surface area contributed by atoms with Crippen LogP contribution in [-0.4, -0.2) is 15.2 Å². The molecule has 0 fully saturated rings. The summed E-state index contributed by atoms with van der Waals surface area (Å²) in [6, 6.07) is 12.3. The van der Waals surface area contributed by atoms with Gasteiger partial charge in [0.15, 0.2) is 17.5 Å². The fourth-order valence-corrected chi connectivity index (χ4v) is 3.09. The highest BCUT2D eigenvalue weighted by atomic mass is 15.3. The van der Waals surface area contributed by atoms with Gasteiger partial charge in [-0.1, -0.05) is 29.8 Å². The monoisotopic (exact) mass is 303 g/mol. The Morgan fingerprint density at radius 3 is 2.04 bits per heavy atom. The number of hydrogen-bond acceptors (Lipinski definition) is 5. The maximum atomic E-state index is 4.69. The number of nitrogens with zero attached hydrogens (tertiary/aromatic N) is 3. The molecule has 0 atom stereocenters. The number of fused-ring (bicyclic) bond motifs is 2. The van der Waals surface area contributed by atoms with Gasteiger partial charge in [-0.25, -0.2) is 4.98 Å². The molecule has 114 valence electrons. The molecule has 0 aliphatic carbocycles. The van der Waals surface area contributed by atoms with Crippen molar-refractivity contribution in [3.05, 3.63) is 53.1 Å². The van der Waals surface area contributed by atoms with Gasteiger partial charge in [0.2, 0.25) is 0 Å². The fourth-order valence-electron chi connectivity index (χ4n) is 3.09. The lowest BCUT2D eigenvalue weighted by Gasteiger charge is -2.21. The Balaban J connectivity index is 1.81. The largest absolute Gasteiger partial charge is 0.335 e. The number of nitrogens with one attached hydrogen (secondary N) is 2. The van der Waals surface area contributed by atoms with Gasteiger partial charge in [0.1, 0.15) is 0 Å². The minimum atomic E-state index is 0.646. The van der Waals surface area contributed by atoms with E-state index in [9.17, 15) is 0 Å². The molecule has 2 heterocycles. The number of rotatable bonds is 1. The van der Waals surface area contributed by atoms with E-state index < -0.39 is 0 Å². The van der Waals surface area contributed by atoms with Crippen LogP contribution in [0.25, 0.3) is 11.4 Å². The van der Waals surface area contributed by atoms with E-state index in [1.807, 2.05) is 24.3 Å². The van der Waals surface area contributed by atoms with Crippen molar-refractivity contribution in [2.75, 3.05) is 10.6 Å². The van der Waals surface area contributed by atoms with E-state index in [2.05, 4.69) is 58.7 Å². The summed E-state index contributed by atoms with van der Waals surface area (Å²) in [5.74, 6) is 2.00. The first-order valence-electron chi connectivity index (χ1n) is 7.58. The van der Waals surface area contributed by atoms with E-state index in [4.69, 9.17) is 0 Å². The van der Waals surface area contributed by atoms with Gasteiger partial charge in [0, 0.05) is 5.56 Å². The number of benzene rings is 2. The van der Waals surface area contributed by atoms with Gasteiger partial charge in [-0.15, -0.1) is 10.2 Å². The van der Waals surface area contributed by atoms with Crippen LogP contribution in [0.5, 0.6) is 0 Å². The Morgan fingerprint density at radius 2 is 1.39 bits per heavy atom.